The summed E-state index contributed by atoms with van der Waals surface area (Å²) in [4.78, 5) is 30.4. The monoisotopic (exact) mass is 377 g/mol. The van der Waals surface area contributed by atoms with E-state index in [0.29, 0.717) is 24.7 Å². The second-order valence-corrected chi connectivity index (χ2v) is 7.14. The molecule has 0 aromatic heterocycles. The van der Waals surface area contributed by atoms with E-state index in [9.17, 15) is 14.4 Å². The number of carboxylic acids is 3. The summed E-state index contributed by atoms with van der Waals surface area (Å²) < 4.78 is 0. The molecule has 154 valence electrons. The minimum Gasteiger partial charge on any atom is -0.480 e. The van der Waals surface area contributed by atoms with Crippen LogP contribution in [0.1, 0.15) is 53.4 Å². The standard InChI is InChI=1S/2C6H13NO2.C5H9NO2/c2*1-4(2)3-5(7)6(8)9;7-5(8)4-2-1-3-6-4/h2*4-5H,3,7H2,1-2H3,(H,8,9);4,6H,1-3H2,(H,7,8)/t2*5-;4-/m000/s1. The van der Waals surface area contributed by atoms with Gasteiger partial charge in [-0.1, -0.05) is 27.7 Å². The smallest absolute Gasteiger partial charge is 0.320 e. The molecule has 0 bridgehead atoms. The maximum atomic E-state index is 10.1. The highest BCUT2D eigenvalue weighted by molar-refractivity contribution is 5.74. The van der Waals surface area contributed by atoms with Crippen molar-refractivity contribution in [3.05, 3.63) is 0 Å². The lowest BCUT2D eigenvalue weighted by Crippen LogP contribution is -2.31. The van der Waals surface area contributed by atoms with Gasteiger partial charge in [-0.05, 0) is 44.1 Å². The first kappa shape index (κ1) is 26.5. The molecule has 0 saturated carbocycles. The topological polar surface area (TPSA) is 176 Å². The van der Waals surface area contributed by atoms with Gasteiger partial charge in [0.25, 0.3) is 0 Å². The predicted molar refractivity (Wildman–Crippen MR) is 98.8 cm³/mol. The molecule has 9 nitrogen and oxygen atoms in total. The van der Waals surface area contributed by atoms with Crippen molar-refractivity contribution in [3.63, 3.8) is 0 Å². The molecule has 3 atom stereocenters. The number of hydrogen-bond donors (Lipinski definition) is 6. The fourth-order valence-corrected chi connectivity index (χ4v) is 2.11. The van der Waals surface area contributed by atoms with Crippen molar-refractivity contribution in [3.8, 4) is 0 Å². The van der Waals surface area contributed by atoms with Gasteiger partial charge < -0.3 is 32.1 Å². The van der Waals surface area contributed by atoms with Gasteiger partial charge in [-0.2, -0.15) is 0 Å². The summed E-state index contributed by atoms with van der Waals surface area (Å²) in [6.45, 7) is 8.65. The fourth-order valence-electron chi connectivity index (χ4n) is 2.11. The van der Waals surface area contributed by atoms with E-state index in [-0.39, 0.29) is 6.04 Å². The van der Waals surface area contributed by atoms with Crippen molar-refractivity contribution >= 4 is 17.9 Å². The number of aliphatic carboxylic acids is 3. The first-order valence-corrected chi connectivity index (χ1v) is 8.81. The van der Waals surface area contributed by atoms with E-state index in [1.165, 1.54) is 0 Å². The lowest BCUT2D eigenvalue weighted by molar-refractivity contribution is -0.139. The third-order valence-corrected chi connectivity index (χ3v) is 3.44. The maximum absolute atomic E-state index is 10.1. The van der Waals surface area contributed by atoms with Crippen molar-refractivity contribution in [2.45, 2.75) is 71.5 Å². The highest BCUT2D eigenvalue weighted by Crippen LogP contribution is 2.03. The fraction of sp³-hybridized carbons (Fsp3) is 0.824. The molecule has 0 radical (unpaired) electrons. The van der Waals surface area contributed by atoms with Crippen LogP contribution in [0.5, 0.6) is 0 Å². The molecule has 0 aliphatic carbocycles. The zero-order valence-electron chi connectivity index (χ0n) is 16.1. The van der Waals surface area contributed by atoms with Gasteiger partial charge in [-0.3, -0.25) is 14.4 Å². The summed E-state index contributed by atoms with van der Waals surface area (Å²) in [6, 6.07) is -1.65. The normalized spacial score (nSPS) is 18.2. The average molecular weight is 377 g/mol. The summed E-state index contributed by atoms with van der Waals surface area (Å²) in [5.41, 5.74) is 10.4. The van der Waals surface area contributed by atoms with E-state index >= 15 is 0 Å². The van der Waals surface area contributed by atoms with Crippen LogP contribution < -0.4 is 16.8 Å². The molecule has 0 unspecified atom stereocenters. The Balaban J connectivity index is 0. The van der Waals surface area contributed by atoms with E-state index in [1.807, 2.05) is 27.7 Å². The Kier molecular flexibility index (Phi) is 14.7. The number of rotatable bonds is 7. The molecule has 1 fully saturated rings. The molecular weight excluding hydrogens is 342 g/mol. The van der Waals surface area contributed by atoms with Gasteiger partial charge in [0.05, 0.1) is 0 Å². The van der Waals surface area contributed by atoms with E-state index in [1.54, 1.807) is 0 Å². The van der Waals surface area contributed by atoms with Gasteiger partial charge >= 0.3 is 17.9 Å². The summed E-state index contributed by atoms with van der Waals surface area (Å²) >= 11 is 0. The van der Waals surface area contributed by atoms with Crippen molar-refractivity contribution in [1.82, 2.24) is 5.32 Å². The number of nitrogens with two attached hydrogens (primary N) is 2. The highest BCUT2D eigenvalue weighted by Gasteiger charge is 2.20. The second kappa shape index (κ2) is 14.5. The van der Waals surface area contributed by atoms with Gasteiger partial charge in [0, 0.05) is 0 Å². The third kappa shape index (κ3) is 15.8. The largest absolute Gasteiger partial charge is 0.480 e. The molecule has 1 rings (SSSR count). The van der Waals surface area contributed by atoms with E-state index < -0.39 is 30.0 Å². The van der Waals surface area contributed by atoms with Crippen LogP contribution in [0.2, 0.25) is 0 Å². The molecule has 1 heterocycles. The Labute approximate surface area is 155 Å². The SMILES string of the molecule is CC(C)C[C@H](N)C(=O)O.CC(C)C[C@H](N)C(=O)O.O=C(O)[C@@H]1CCCN1. The molecule has 26 heavy (non-hydrogen) atoms. The summed E-state index contributed by atoms with van der Waals surface area (Å²) in [5.74, 6) is -1.83. The highest BCUT2D eigenvalue weighted by atomic mass is 16.4. The Morgan fingerprint density at radius 1 is 0.923 bits per heavy atom. The van der Waals surface area contributed by atoms with Gasteiger partial charge in [-0.15, -0.1) is 0 Å². The lowest BCUT2D eigenvalue weighted by Gasteiger charge is -2.07. The second-order valence-electron chi connectivity index (χ2n) is 7.14. The molecule has 0 aromatic carbocycles. The minimum absolute atomic E-state index is 0.269. The van der Waals surface area contributed by atoms with Crippen LogP contribution in [0.25, 0.3) is 0 Å². The number of hydrogen-bond acceptors (Lipinski definition) is 6. The molecule has 1 aliphatic rings. The first-order valence-electron chi connectivity index (χ1n) is 8.81. The van der Waals surface area contributed by atoms with Crippen LogP contribution in [0.4, 0.5) is 0 Å². The third-order valence-electron chi connectivity index (χ3n) is 3.44. The first-order chi connectivity index (χ1) is 11.9. The average Bonchev–Trinajstić information content (AvgIpc) is 3.01. The van der Waals surface area contributed by atoms with Gasteiger partial charge in [0.2, 0.25) is 0 Å². The van der Waals surface area contributed by atoms with Crippen LogP contribution in [0.3, 0.4) is 0 Å². The quantitative estimate of drug-likeness (QED) is 0.373. The number of carboxylic acid groups (broad SMARTS) is 3. The molecule has 1 saturated heterocycles. The summed E-state index contributed by atoms with van der Waals surface area (Å²) in [5, 5.41) is 27.8. The van der Waals surface area contributed by atoms with Crippen molar-refractivity contribution < 1.29 is 29.7 Å². The van der Waals surface area contributed by atoms with Crippen LogP contribution in [-0.2, 0) is 14.4 Å². The number of carbonyl (C=O) groups is 3. The minimum atomic E-state index is -0.913. The Morgan fingerprint density at radius 3 is 1.42 bits per heavy atom. The molecule has 1 aliphatic heterocycles. The van der Waals surface area contributed by atoms with Crippen LogP contribution in [-0.4, -0.2) is 57.9 Å². The summed E-state index contributed by atoms with van der Waals surface area (Å²) in [7, 11) is 0. The molecule has 8 N–H and O–H groups in total. The zero-order valence-corrected chi connectivity index (χ0v) is 16.1. The molecule has 0 amide bonds. The zero-order chi connectivity index (χ0) is 20.9. The van der Waals surface area contributed by atoms with E-state index in [4.69, 9.17) is 26.8 Å². The van der Waals surface area contributed by atoms with Crippen molar-refractivity contribution in [2.75, 3.05) is 6.54 Å². The Morgan fingerprint density at radius 2 is 1.31 bits per heavy atom. The van der Waals surface area contributed by atoms with E-state index in [2.05, 4.69) is 5.32 Å². The Bertz CT molecular complexity index is 397. The predicted octanol–water partition coefficient (Wildman–Crippen LogP) is 0.712. The van der Waals surface area contributed by atoms with Gasteiger partial charge in [-0.25, -0.2) is 0 Å². The summed E-state index contributed by atoms with van der Waals surface area (Å²) in [6.07, 6.45) is 2.89. The molecule has 9 heteroatoms. The van der Waals surface area contributed by atoms with Crippen LogP contribution in [0.15, 0.2) is 0 Å². The van der Waals surface area contributed by atoms with Crippen molar-refractivity contribution in [1.29, 1.82) is 0 Å². The molecular formula is C17H35N3O6. The maximum Gasteiger partial charge on any atom is 0.320 e. The number of nitrogens with one attached hydrogen (secondary N) is 1. The van der Waals surface area contributed by atoms with Crippen LogP contribution >= 0.6 is 0 Å². The van der Waals surface area contributed by atoms with Gasteiger partial charge in [0.15, 0.2) is 0 Å². The molecule has 0 aromatic rings. The van der Waals surface area contributed by atoms with E-state index in [0.717, 1.165) is 19.4 Å². The van der Waals surface area contributed by atoms with Crippen molar-refractivity contribution in [2.24, 2.45) is 23.3 Å². The molecule has 0 spiro atoms. The van der Waals surface area contributed by atoms with Crippen LogP contribution in [0, 0.1) is 11.8 Å². The Hall–Kier alpha value is -1.71. The lowest BCUT2D eigenvalue weighted by atomic mass is 10.1. The van der Waals surface area contributed by atoms with Gasteiger partial charge in [0.1, 0.15) is 18.1 Å².